The molecule has 0 atom stereocenters. The molecule has 3 aromatic carbocycles. The van der Waals surface area contributed by atoms with Gasteiger partial charge in [0.2, 0.25) is 0 Å². The Kier molecular flexibility index (Phi) is 3.90. The summed E-state index contributed by atoms with van der Waals surface area (Å²) in [4.78, 5) is 0. The van der Waals surface area contributed by atoms with E-state index in [1.54, 1.807) is 24.3 Å². The second-order valence-corrected chi connectivity index (χ2v) is 5.69. The molecule has 0 unspecified atom stereocenters. The fraction of sp³-hybridized carbons (Fsp3) is 0. The SMILES string of the molecule is Fc1ccc(-c2c(-c3ccccc3)oc(-c3ccccc3)c2F)cc1. The molecule has 0 radical (unpaired) electrons. The van der Waals surface area contributed by atoms with E-state index in [0.29, 0.717) is 22.5 Å². The van der Waals surface area contributed by atoms with Crippen LogP contribution in [0.4, 0.5) is 8.78 Å². The molecule has 25 heavy (non-hydrogen) atoms. The van der Waals surface area contributed by atoms with Crippen molar-refractivity contribution < 1.29 is 13.2 Å². The quantitative estimate of drug-likeness (QED) is 0.414. The van der Waals surface area contributed by atoms with Crippen LogP contribution in [0.15, 0.2) is 89.3 Å². The van der Waals surface area contributed by atoms with Gasteiger partial charge in [-0.1, -0.05) is 72.8 Å². The molecule has 4 aromatic rings. The van der Waals surface area contributed by atoms with Crippen molar-refractivity contribution in [3.63, 3.8) is 0 Å². The van der Waals surface area contributed by atoms with Gasteiger partial charge < -0.3 is 4.42 Å². The molecule has 0 N–H and O–H groups in total. The van der Waals surface area contributed by atoms with E-state index in [1.807, 2.05) is 48.5 Å². The second-order valence-electron chi connectivity index (χ2n) is 5.69. The zero-order chi connectivity index (χ0) is 17.2. The first-order valence-corrected chi connectivity index (χ1v) is 7.93. The largest absolute Gasteiger partial charge is 0.452 e. The summed E-state index contributed by atoms with van der Waals surface area (Å²) in [6.07, 6.45) is 0. The highest BCUT2D eigenvalue weighted by Crippen LogP contribution is 2.41. The zero-order valence-electron chi connectivity index (χ0n) is 13.2. The molecular formula is C22H14F2O. The summed E-state index contributed by atoms with van der Waals surface area (Å²) in [7, 11) is 0. The maximum atomic E-state index is 15.3. The van der Waals surface area contributed by atoms with Crippen molar-refractivity contribution >= 4 is 0 Å². The van der Waals surface area contributed by atoms with E-state index in [4.69, 9.17) is 4.42 Å². The van der Waals surface area contributed by atoms with Gasteiger partial charge in [-0.25, -0.2) is 8.78 Å². The minimum atomic E-state index is -0.448. The molecule has 0 amide bonds. The normalized spacial score (nSPS) is 10.8. The Morgan fingerprint density at radius 3 is 1.60 bits per heavy atom. The molecule has 1 aromatic heterocycles. The highest BCUT2D eigenvalue weighted by atomic mass is 19.1. The Labute approximate surface area is 144 Å². The van der Waals surface area contributed by atoms with Crippen LogP contribution < -0.4 is 0 Å². The molecule has 0 saturated heterocycles. The van der Waals surface area contributed by atoms with Crippen LogP contribution >= 0.6 is 0 Å². The van der Waals surface area contributed by atoms with Crippen LogP contribution in [0.25, 0.3) is 33.8 Å². The average Bonchev–Trinajstić information content (AvgIpc) is 3.01. The molecule has 1 nitrogen and oxygen atoms in total. The number of halogens is 2. The van der Waals surface area contributed by atoms with E-state index < -0.39 is 5.82 Å². The van der Waals surface area contributed by atoms with Crippen LogP contribution in [0.2, 0.25) is 0 Å². The highest BCUT2D eigenvalue weighted by Gasteiger charge is 2.23. The molecule has 0 spiro atoms. The van der Waals surface area contributed by atoms with Crippen LogP contribution in [-0.2, 0) is 0 Å². The van der Waals surface area contributed by atoms with Gasteiger partial charge in [0.15, 0.2) is 11.6 Å². The van der Waals surface area contributed by atoms with Gasteiger partial charge in [0.1, 0.15) is 11.6 Å². The molecule has 1 heterocycles. The lowest BCUT2D eigenvalue weighted by molar-refractivity contribution is 0.558. The standard InChI is InChI=1S/C22H14F2O/c23-18-13-11-15(12-14-18)19-20(24)22(17-9-5-2-6-10-17)25-21(19)16-7-3-1-4-8-16/h1-14H. The van der Waals surface area contributed by atoms with Gasteiger partial charge in [0, 0.05) is 11.1 Å². The van der Waals surface area contributed by atoms with Gasteiger partial charge in [-0.2, -0.15) is 0 Å². The summed E-state index contributed by atoms with van der Waals surface area (Å²) in [6, 6.07) is 24.2. The van der Waals surface area contributed by atoms with E-state index >= 15 is 4.39 Å². The van der Waals surface area contributed by atoms with Crippen LogP contribution in [0.5, 0.6) is 0 Å². The summed E-state index contributed by atoms with van der Waals surface area (Å²) in [5.74, 6) is -0.198. The third-order valence-corrected chi connectivity index (χ3v) is 4.05. The van der Waals surface area contributed by atoms with Crippen molar-refractivity contribution in [2.75, 3.05) is 0 Å². The van der Waals surface area contributed by atoms with Crippen LogP contribution in [-0.4, -0.2) is 0 Å². The summed E-state index contributed by atoms with van der Waals surface area (Å²) >= 11 is 0. The Hall–Kier alpha value is -3.20. The maximum absolute atomic E-state index is 15.3. The zero-order valence-corrected chi connectivity index (χ0v) is 13.2. The van der Waals surface area contributed by atoms with Crippen molar-refractivity contribution in [3.8, 4) is 33.8 Å². The van der Waals surface area contributed by atoms with Crippen molar-refractivity contribution in [3.05, 3.63) is 96.6 Å². The molecule has 0 fully saturated rings. The van der Waals surface area contributed by atoms with Gasteiger partial charge in [-0.05, 0) is 17.7 Å². The minimum absolute atomic E-state index is 0.179. The molecule has 0 aliphatic heterocycles. The maximum Gasteiger partial charge on any atom is 0.177 e. The number of furan rings is 1. The first-order valence-electron chi connectivity index (χ1n) is 7.93. The van der Waals surface area contributed by atoms with Gasteiger partial charge in [0.25, 0.3) is 0 Å². The topological polar surface area (TPSA) is 13.1 Å². The summed E-state index contributed by atoms with van der Waals surface area (Å²) in [5, 5.41) is 0. The smallest absolute Gasteiger partial charge is 0.177 e. The first kappa shape index (κ1) is 15.3. The van der Waals surface area contributed by atoms with Crippen molar-refractivity contribution in [2.45, 2.75) is 0 Å². The van der Waals surface area contributed by atoms with Gasteiger partial charge >= 0.3 is 0 Å². The van der Waals surface area contributed by atoms with E-state index in [1.165, 1.54) is 12.1 Å². The molecule has 0 aliphatic rings. The van der Waals surface area contributed by atoms with Crippen LogP contribution in [0.1, 0.15) is 0 Å². The Morgan fingerprint density at radius 2 is 1.04 bits per heavy atom. The van der Waals surface area contributed by atoms with Crippen molar-refractivity contribution in [2.24, 2.45) is 0 Å². The fourth-order valence-corrected chi connectivity index (χ4v) is 2.85. The lowest BCUT2D eigenvalue weighted by atomic mass is 10.0. The number of benzene rings is 3. The molecular weight excluding hydrogens is 318 g/mol. The summed E-state index contributed by atoms with van der Waals surface area (Å²) in [5.41, 5.74) is 2.34. The predicted octanol–water partition coefficient (Wildman–Crippen LogP) is 6.56. The molecule has 4 rings (SSSR count). The van der Waals surface area contributed by atoms with Crippen molar-refractivity contribution in [1.82, 2.24) is 0 Å². The number of hydrogen-bond donors (Lipinski definition) is 0. The summed E-state index contributed by atoms with van der Waals surface area (Å²) in [6.45, 7) is 0. The van der Waals surface area contributed by atoms with E-state index in [9.17, 15) is 4.39 Å². The summed E-state index contributed by atoms with van der Waals surface area (Å²) < 4.78 is 34.5. The first-order chi connectivity index (χ1) is 12.2. The second kappa shape index (κ2) is 6.36. The monoisotopic (exact) mass is 332 g/mol. The molecule has 0 bridgehead atoms. The molecule has 122 valence electrons. The number of rotatable bonds is 3. The predicted molar refractivity (Wildman–Crippen MR) is 94.9 cm³/mol. The van der Waals surface area contributed by atoms with Crippen molar-refractivity contribution in [1.29, 1.82) is 0 Å². The minimum Gasteiger partial charge on any atom is -0.452 e. The van der Waals surface area contributed by atoms with Gasteiger partial charge in [0.05, 0.1) is 5.56 Å². The molecule has 3 heteroatoms. The molecule has 0 saturated carbocycles. The van der Waals surface area contributed by atoms with E-state index in [2.05, 4.69) is 0 Å². The lowest BCUT2D eigenvalue weighted by Crippen LogP contribution is -1.85. The van der Waals surface area contributed by atoms with Gasteiger partial charge in [-0.3, -0.25) is 0 Å². The Morgan fingerprint density at radius 1 is 0.520 bits per heavy atom. The Balaban J connectivity index is 1.97. The van der Waals surface area contributed by atoms with Crippen LogP contribution in [0, 0.1) is 11.6 Å². The molecule has 0 aliphatic carbocycles. The van der Waals surface area contributed by atoms with Gasteiger partial charge in [-0.15, -0.1) is 0 Å². The van der Waals surface area contributed by atoms with E-state index in [0.717, 1.165) is 5.56 Å². The Bertz CT molecular complexity index is 988. The third-order valence-electron chi connectivity index (χ3n) is 4.05. The highest BCUT2D eigenvalue weighted by molar-refractivity contribution is 5.84. The third kappa shape index (κ3) is 2.85. The van der Waals surface area contributed by atoms with E-state index in [-0.39, 0.29) is 11.6 Å². The van der Waals surface area contributed by atoms with Crippen LogP contribution in [0.3, 0.4) is 0 Å². The fourth-order valence-electron chi connectivity index (χ4n) is 2.85. The lowest BCUT2D eigenvalue weighted by Gasteiger charge is -2.03. The average molecular weight is 332 g/mol. The number of hydrogen-bond acceptors (Lipinski definition) is 1.